The van der Waals surface area contributed by atoms with Gasteiger partial charge in [-0.25, -0.2) is 4.98 Å². The van der Waals surface area contributed by atoms with Gasteiger partial charge in [0.1, 0.15) is 5.75 Å². The zero-order valence-corrected chi connectivity index (χ0v) is 12.2. The van der Waals surface area contributed by atoms with E-state index in [4.69, 9.17) is 9.47 Å². The zero-order chi connectivity index (χ0) is 14.8. The maximum Gasteiger partial charge on any atom is 0.309 e. The summed E-state index contributed by atoms with van der Waals surface area (Å²) in [7, 11) is 3.09. The van der Waals surface area contributed by atoms with Crippen molar-refractivity contribution >= 4 is 5.97 Å². The molecule has 1 heterocycles. The van der Waals surface area contributed by atoms with Gasteiger partial charge in [0, 0.05) is 24.4 Å². The third kappa shape index (κ3) is 2.77. The first-order valence-electron chi connectivity index (χ1n) is 6.93. The molecule has 110 valence electrons. The number of aromatic nitrogens is 2. The second kappa shape index (κ2) is 5.60. The number of carbonyl (C=O) groups excluding carboxylic acids is 1. The largest absolute Gasteiger partial charge is 0.497 e. The molecule has 1 saturated carbocycles. The standard InChI is InChI=1S/C16H18N2O3/c1-20-12-5-3-11(4-6-12)9-18-10-17-8-15(18)13-7-14(13)16(19)21-2/h3-6,8,10,13-14H,7,9H2,1-2H3. The smallest absolute Gasteiger partial charge is 0.309 e. The Morgan fingerprint density at radius 2 is 2.10 bits per heavy atom. The molecule has 2 aromatic rings. The van der Waals surface area contributed by atoms with Crippen LogP contribution in [0.5, 0.6) is 5.75 Å². The second-order valence-corrected chi connectivity index (χ2v) is 5.27. The molecular weight excluding hydrogens is 268 g/mol. The van der Waals surface area contributed by atoms with Crippen LogP contribution in [0.1, 0.15) is 23.6 Å². The topological polar surface area (TPSA) is 53.3 Å². The minimum absolute atomic E-state index is 0.0127. The number of imidazole rings is 1. The van der Waals surface area contributed by atoms with Crippen molar-refractivity contribution in [3.05, 3.63) is 48.0 Å². The van der Waals surface area contributed by atoms with Crippen molar-refractivity contribution in [1.82, 2.24) is 9.55 Å². The first-order chi connectivity index (χ1) is 10.2. The van der Waals surface area contributed by atoms with Crippen molar-refractivity contribution in [3.8, 4) is 5.75 Å². The van der Waals surface area contributed by atoms with Crippen LogP contribution in [0.15, 0.2) is 36.8 Å². The molecule has 1 aliphatic carbocycles. The third-order valence-corrected chi connectivity index (χ3v) is 3.93. The van der Waals surface area contributed by atoms with Crippen LogP contribution in [0.2, 0.25) is 0 Å². The van der Waals surface area contributed by atoms with E-state index in [-0.39, 0.29) is 17.8 Å². The summed E-state index contributed by atoms with van der Waals surface area (Å²) in [5, 5.41) is 0. The molecule has 5 nitrogen and oxygen atoms in total. The van der Waals surface area contributed by atoms with Gasteiger partial charge in [0.2, 0.25) is 0 Å². The summed E-state index contributed by atoms with van der Waals surface area (Å²) in [4.78, 5) is 15.8. The number of hydrogen-bond acceptors (Lipinski definition) is 4. The third-order valence-electron chi connectivity index (χ3n) is 3.93. The summed E-state index contributed by atoms with van der Waals surface area (Å²) < 4.78 is 12.1. The van der Waals surface area contributed by atoms with E-state index < -0.39 is 0 Å². The fraction of sp³-hybridized carbons (Fsp3) is 0.375. The molecule has 0 amide bonds. The molecule has 1 aromatic carbocycles. The van der Waals surface area contributed by atoms with Gasteiger partial charge in [-0.2, -0.15) is 0 Å². The minimum atomic E-state index is -0.128. The minimum Gasteiger partial charge on any atom is -0.497 e. The van der Waals surface area contributed by atoms with Gasteiger partial charge in [-0.1, -0.05) is 12.1 Å². The number of ether oxygens (including phenoxy) is 2. The van der Waals surface area contributed by atoms with E-state index >= 15 is 0 Å². The fourth-order valence-corrected chi connectivity index (χ4v) is 2.63. The van der Waals surface area contributed by atoms with E-state index in [0.29, 0.717) is 0 Å². The molecule has 5 heteroatoms. The van der Waals surface area contributed by atoms with E-state index in [0.717, 1.165) is 24.4 Å². The summed E-state index contributed by atoms with van der Waals surface area (Å²) >= 11 is 0. The molecule has 2 atom stereocenters. The van der Waals surface area contributed by atoms with Crippen molar-refractivity contribution in [2.24, 2.45) is 5.92 Å². The van der Waals surface area contributed by atoms with Gasteiger partial charge in [-0.15, -0.1) is 0 Å². The summed E-state index contributed by atoms with van der Waals surface area (Å²) in [5.41, 5.74) is 2.27. The van der Waals surface area contributed by atoms with Crippen LogP contribution in [0.4, 0.5) is 0 Å². The average Bonchev–Trinajstić information content (AvgIpc) is 3.19. The highest BCUT2D eigenvalue weighted by molar-refractivity contribution is 5.77. The summed E-state index contributed by atoms with van der Waals surface area (Å²) in [6, 6.07) is 7.96. The quantitative estimate of drug-likeness (QED) is 0.791. The van der Waals surface area contributed by atoms with Gasteiger partial charge >= 0.3 is 5.97 Å². The molecule has 1 aliphatic rings. The predicted octanol–water partition coefficient (Wildman–Crippen LogP) is 2.22. The maximum absolute atomic E-state index is 11.6. The van der Waals surface area contributed by atoms with E-state index in [1.54, 1.807) is 7.11 Å². The number of hydrogen-bond donors (Lipinski definition) is 0. The molecule has 0 N–H and O–H groups in total. The SMILES string of the molecule is COC(=O)C1CC1c1cncn1Cc1ccc(OC)cc1. The Balaban J connectivity index is 1.72. The zero-order valence-electron chi connectivity index (χ0n) is 12.2. The lowest BCUT2D eigenvalue weighted by Gasteiger charge is -2.08. The Hall–Kier alpha value is -2.30. The molecule has 0 saturated heterocycles. The van der Waals surface area contributed by atoms with Crippen LogP contribution in [0, 0.1) is 5.92 Å². The molecule has 0 aliphatic heterocycles. The molecule has 1 fully saturated rings. The Labute approximate surface area is 123 Å². The molecule has 2 unspecified atom stereocenters. The maximum atomic E-state index is 11.6. The lowest BCUT2D eigenvalue weighted by molar-refractivity contribution is -0.142. The van der Waals surface area contributed by atoms with Crippen LogP contribution in [0.25, 0.3) is 0 Å². The van der Waals surface area contributed by atoms with Gasteiger partial charge in [0.15, 0.2) is 0 Å². The van der Waals surface area contributed by atoms with Crippen LogP contribution in [-0.4, -0.2) is 29.7 Å². The van der Waals surface area contributed by atoms with E-state index in [1.165, 1.54) is 12.7 Å². The van der Waals surface area contributed by atoms with Crippen LogP contribution in [0.3, 0.4) is 0 Å². The highest BCUT2D eigenvalue weighted by atomic mass is 16.5. The van der Waals surface area contributed by atoms with Gasteiger partial charge in [-0.05, 0) is 24.1 Å². The van der Waals surface area contributed by atoms with Gasteiger partial charge in [0.05, 0.1) is 26.5 Å². The number of nitrogens with zero attached hydrogens (tertiary/aromatic N) is 2. The number of methoxy groups -OCH3 is 2. The van der Waals surface area contributed by atoms with Crippen molar-refractivity contribution in [3.63, 3.8) is 0 Å². The Morgan fingerprint density at radius 3 is 2.76 bits per heavy atom. The normalized spacial score (nSPS) is 20.1. The van der Waals surface area contributed by atoms with Crippen LogP contribution < -0.4 is 4.74 Å². The van der Waals surface area contributed by atoms with Crippen LogP contribution >= 0.6 is 0 Å². The van der Waals surface area contributed by atoms with E-state index in [2.05, 4.69) is 9.55 Å². The number of rotatable bonds is 5. The summed E-state index contributed by atoms with van der Waals surface area (Å²) in [5.74, 6) is 0.939. The first kappa shape index (κ1) is 13.7. The highest BCUT2D eigenvalue weighted by Crippen LogP contribution is 2.48. The van der Waals surface area contributed by atoms with Gasteiger partial charge in [0.25, 0.3) is 0 Å². The predicted molar refractivity (Wildman–Crippen MR) is 77.2 cm³/mol. The van der Waals surface area contributed by atoms with Crippen molar-refractivity contribution in [2.45, 2.75) is 18.9 Å². The molecule has 21 heavy (non-hydrogen) atoms. The lowest BCUT2D eigenvalue weighted by Crippen LogP contribution is -2.07. The van der Waals surface area contributed by atoms with Crippen LogP contribution in [-0.2, 0) is 16.1 Å². The van der Waals surface area contributed by atoms with Crippen molar-refractivity contribution in [2.75, 3.05) is 14.2 Å². The Bertz CT molecular complexity index is 633. The monoisotopic (exact) mass is 286 g/mol. The lowest BCUT2D eigenvalue weighted by atomic mass is 10.2. The van der Waals surface area contributed by atoms with Gasteiger partial charge < -0.3 is 14.0 Å². The van der Waals surface area contributed by atoms with Crippen molar-refractivity contribution in [1.29, 1.82) is 0 Å². The molecule has 1 aromatic heterocycles. The van der Waals surface area contributed by atoms with E-state index in [9.17, 15) is 4.79 Å². The molecule has 0 bridgehead atoms. The first-order valence-corrected chi connectivity index (χ1v) is 6.93. The van der Waals surface area contributed by atoms with Gasteiger partial charge in [-0.3, -0.25) is 4.79 Å². The molecule has 0 radical (unpaired) electrons. The molecular formula is C16H18N2O3. The number of carbonyl (C=O) groups is 1. The fourth-order valence-electron chi connectivity index (χ4n) is 2.63. The second-order valence-electron chi connectivity index (χ2n) is 5.27. The number of esters is 1. The Kier molecular flexibility index (Phi) is 3.64. The van der Waals surface area contributed by atoms with Crippen molar-refractivity contribution < 1.29 is 14.3 Å². The summed E-state index contributed by atoms with van der Waals surface area (Å²) in [6.45, 7) is 0.740. The number of benzene rings is 1. The average molecular weight is 286 g/mol. The highest BCUT2D eigenvalue weighted by Gasteiger charge is 2.46. The van der Waals surface area contributed by atoms with E-state index in [1.807, 2.05) is 36.8 Å². The molecule has 3 rings (SSSR count). The summed E-state index contributed by atoms with van der Waals surface area (Å²) in [6.07, 6.45) is 4.50. The molecule has 0 spiro atoms. The Morgan fingerprint density at radius 1 is 1.33 bits per heavy atom.